The maximum absolute atomic E-state index is 10.7. The third-order valence-corrected chi connectivity index (χ3v) is 3.97. The van der Waals surface area contributed by atoms with Crippen LogP contribution in [0.2, 0.25) is 0 Å². The first-order valence-corrected chi connectivity index (χ1v) is 6.65. The van der Waals surface area contributed by atoms with Gasteiger partial charge in [-0.2, -0.15) is 10.1 Å². The summed E-state index contributed by atoms with van der Waals surface area (Å²) in [6.45, 7) is 0.909. The largest absolute Gasteiger partial charge is 0.481 e. The van der Waals surface area contributed by atoms with Crippen LogP contribution >= 0.6 is 0 Å². The molecule has 1 aromatic heterocycles. The fourth-order valence-corrected chi connectivity index (χ4v) is 3.16. The van der Waals surface area contributed by atoms with Gasteiger partial charge in [0.25, 0.3) is 0 Å². The molecule has 18 heavy (non-hydrogen) atoms. The Kier molecular flexibility index (Phi) is 2.93. The van der Waals surface area contributed by atoms with E-state index in [1.807, 2.05) is 4.68 Å². The van der Waals surface area contributed by atoms with Gasteiger partial charge in [-0.1, -0.05) is 12.8 Å². The Balaban J connectivity index is 1.85. The van der Waals surface area contributed by atoms with Crippen LogP contribution in [0, 0.1) is 5.92 Å². The topological polar surface area (TPSA) is 80.0 Å². The zero-order valence-corrected chi connectivity index (χ0v) is 10.3. The van der Waals surface area contributed by atoms with Crippen LogP contribution in [0.5, 0.6) is 0 Å². The van der Waals surface area contributed by atoms with Crippen LogP contribution in [0.4, 0.5) is 5.95 Å². The minimum atomic E-state index is -0.879. The number of nitrogens with zero attached hydrogens (tertiary/aromatic N) is 3. The molecule has 0 amide bonds. The summed E-state index contributed by atoms with van der Waals surface area (Å²) in [5, 5.41) is 16.4. The fraction of sp³-hybridized carbons (Fsp3) is 0.750. The summed E-state index contributed by atoms with van der Waals surface area (Å²) in [5.41, 5.74) is 0. The molecule has 98 valence electrons. The Morgan fingerprint density at radius 1 is 1.39 bits per heavy atom. The van der Waals surface area contributed by atoms with Gasteiger partial charge in [-0.15, -0.1) is 0 Å². The van der Waals surface area contributed by atoms with Gasteiger partial charge in [0.05, 0.1) is 6.04 Å². The predicted molar refractivity (Wildman–Crippen MR) is 65.5 cm³/mol. The number of anilines is 1. The molecule has 0 bridgehead atoms. The Hall–Kier alpha value is -1.59. The average Bonchev–Trinajstić information content (AvgIpc) is 2.94. The van der Waals surface area contributed by atoms with E-state index in [-0.39, 0.29) is 6.42 Å². The van der Waals surface area contributed by atoms with Crippen molar-refractivity contribution in [3.63, 3.8) is 0 Å². The quantitative estimate of drug-likeness (QED) is 0.848. The second-order valence-electron chi connectivity index (χ2n) is 5.19. The van der Waals surface area contributed by atoms with Crippen LogP contribution in [0.1, 0.15) is 44.0 Å². The lowest BCUT2D eigenvalue weighted by Gasteiger charge is -2.28. The van der Waals surface area contributed by atoms with Crippen molar-refractivity contribution >= 4 is 11.9 Å². The van der Waals surface area contributed by atoms with E-state index >= 15 is 0 Å². The summed E-state index contributed by atoms with van der Waals surface area (Å²) in [7, 11) is 0. The Bertz CT molecular complexity index is 451. The number of carboxylic acids is 1. The minimum Gasteiger partial charge on any atom is -0.481 e. The molecule has 0 aromatic carbocycles. The number of hydrogen-bond donors (Lipinski definition) is 2. The second kappa shape index (κ2) is 4.59. The molecule has 0 radical (unpaired) electrons. The first-order chi connectivity index (χ1) is 8.74. The summed E-state index contributed by atoms with van der Waals surface area (Å²) in [5.74, 6) is 0.963. The highest BCUT2D eigenvalue weighted by molar-refractivity contribution is 5.69. The molecule has 6 heteroatoms. The lowest BCUT2D eigenvalue weighted by molar-refractivity contribution is -0.136. The zero-order chi connectivity index (χ0) is 12.5. The average molecular weight is 250 g/mol. The lowest BCUT2D eigenvalue weighted by atomic mass is 9.95. The maximum Gasteiger partial charge on any atom is 0.311 e. The van der Waals surface area contributed by atoms with Crippen molar-refractivity contribution in [2.45, 2.75) is 44.6 Å². The number of fused-ring (bicyclic) bond motifs is 1. The molecule has 0 spiro atoms. The molecule has 2 N–H and O–H groups in total. The summed E-state index contributed by atoms with van der Waals surface area (Å²) < 4.78 is 1.93. The summed E-state index contributed by atoms with van der Waals surface area (Å²) in [6.07, 6.45) is 6.10. The standard InChI is InChI=1S/C12H18N4O2/c17-11(18)7-10-14-12-13-6-5-9(16(12)15-10)8-3-1-2-4-8/h8-9H,1-7H2,(H,17,18)(H,13,14,15). The van der Waals surface area contributed by atoms with Gasteiger partial charge < -0.3 is 10.4 Å². The Labute approximate surface area is 105 Å². The molecule has 2 aliphatic rings. The number of aromatic nitrogens is 3. The Morgan fingerprint density at radius 3 is 2.89 bits per heavy atom. The summed E-state index contributed by atoms with van der Waals surface area (Å²) in [6, 6.07) is 0.402. The number of hydrogen-bond acceptors (Lipinski definition) is 4. The van der Waals surface area contributed by atoms with E-state index in [1.165, 1.54) is 25.7 Å². The molecule has 1 aliphatic heterocycles. The number of carboxylic acid groups (broad SMARTS) is 1. The SMILES string of the molecule is O=C(O)Cc1nc2n(n1)C(C1CCCC1)CCN2. The predicted octanol–water partition coefficient (Wildman–Crippen LogP) is 1.45. The molecule has 2 heterocycles. The highest BCUT2D eigenvalue weighted by Gasteiger charge is 2.31. The molecular formula is C12H18N4O2. The van der Waals surface area contributed by atoms with Crippen LogP contribution in [0.15, 0.2) is 0 Å². The number of rotatable bonds is 3. The van der Waals surface area contributed by atoms with Gasteiger partial charge in [0.2, 0.25) is 5.95 Å². The van der Waals surface area contributed by atoms with Gasteiger partial charge in [0.1, 0.15) is 6.42 Å². The van der Waals surface area contributed by atoms with Gasteiger partial charge in [-0.3, -0.25) is 4.79 Å². The molecule has 3 rings (SSSR count). The highest BCUT2D eigenvalue weighted by Crippen LogP contribution is 2.38. The van der Waals surface area contributed by atoms with Crippen LogP contribution in [0.25, 0.3) is 0 Å². The molecule has 1 saturated carbocycles. The van der Waals surface area contributed by atoms with Gasteiger partial charge in [0, 0.05) is 6.54 Å². The van der Waals surface area contributed by atoms with E-state index in [4.69, 9.17) is 5.11 Å². The molecule has 6 nitrogen and oxygen atoms in total. The van der Waals surface area contributed by atoms with Crippen LogP contribution in [-0.4, -0.2) is 32.4 Å². The van der Waals surface area contributed by atoms with Crippen molar-refractivity contribution in [2.24, 2.45) is 5.92 Å². The third kappa shape index (κ3) is 2.07. The van der Waals surface area contributed by atoms with E-state index in [0.29, 0.717) is 17.8 Å². The molecule has 1 aromatic rings. The van der Waals surface area contributed by atoms with Crippen molar-refractivity contribution < 1.29 is 9.90 Å². The van der Waals surface area contributed by atoms with Gasteiger partial charge in [0.15, 0.2) is 5.82 Å². The Morgan fingerprint density at radius 2 is 2.17 bits per heavy atom. The maximum atomic E-state index is 10.7. The molecule has 1 unspecified atom stereocenters. The number of carbonyl (C=O) groups is 1. The highest BCUT2D eigenvalue weighted by atomic mass is 16.4. The van der Waals surface area contributed by atoms with Gasteiger partial charge in [-0.25, -0.2) is 4.68 Å². The molecule has 0 saturated heterocycles. The number of nitrogens with one attached hydrogen (secondary N) is 1. The first kappa shape index (κ1) is 11.5. The van der Waals surface area contributed by atoms with Gasteiger partial charge in [-0.05, 0) is 25.2 Å². The normalized spacial score (nSPS) is 23.7. The van der Waals surface area contributed by atoms with E-state index in [9.17, 15) is 4.79 Å². The van der Waals surface area contributed by atoms with Crippen molar-refractivity contribution in [3.8, 4) is 0 Å². The van der Waals surface area contributed by atoms with Crippen LogP contribution < -0.4 is 5.32 Å². The molecule has 1 aliphatic carbocycles. The van der Waals surface area contributed by atoms with E-state index in [0.717, 1.165) is 18.9 Å². The van der Waals surface area contributed by atoms with Crippen molar-refractivity contribution in [2.75, 3.05) is 11.9 Å². The zero-order valence-electron chi connectivity index (χ0n) is 10.3. The lowest BCUT2D eigenvalue weighted by Crippen LogP contribution is -2.28. The first-order valence-electron chi connectivity index (χ1n) is 6.65. The summed E-state index contributed by atoms with van der Waals surface area (Å²) in [4.78, 5) is 15.0. The van der Waals surface area contributed by atoms with E-state index < -0.39 is 5.97 Å². The van der Waals surface area contributed by atoms with Crippen molar-refractivity contribution in [1.82, 2.24) is 14.8 Å². The molecular weight excluding hydrogens is 232 g/mol. The minimum absolute atomic E-state index is 0.0981. The van der Waals surface area contributed by atoms with Crippen molar-refractivity contribution in [3.05, 3.63) is 5.82 Å². The smallest absolute Gasteiger partial charge is 0.311 e. The summed E-state index contributed by atoms with van der Waals surface area (Å²) >= 11 is 0. The fourth-order valence-electron chi connectivity index (χ4n) is 3.16. The molecule has 1 atom stereocenters. The monoisotopic (exact) mass is 250 g/mol. The van der Waals surface area contributed by atoms with Crippen LogP contribution in [-0.2, 0) is 11.2 Å². The second-order valence-corrected chi connectivity index (χ2v) is 5.19. The van der Waals surface area contributed by atoms with Crippen LogP contribution in [0.3, 0.4) is 0 Å². The molecule has 1 fully saturated rings. The number of aliphatic carboxylic acids is 1. The van der Waals surface area contributed by atoms with E-state index in [1.54, 1.807) is 0 Å². The van der Waals surface area contributed by atoms with E-state index in [2.05, 4.69) is 15.4 Å². The van der Waals surface area contributed by atoms with Crippen molar-refractivity contribution in [1.29, 1.82) is 0 Å². The third-order valence-electron chi connectivity index (χ3n) is 3.97. The van der Waals surface area contributed by atoms with Gasteiger partial charge >= 0.3 is 5.97 Å².